The van der Waals surface area contributed by atoms with Gasteiger partial charge >= 0.3 is 5.97 Å². The van der Waals surface area contributed by atoms with E-state index in [2.05, 4.69) is 0 Å². The topological polar surface area (TPSA) is 66.8 Å². The molecule has 0 spiro atoms. The number of fused-ring (bicyclic) bond motifs is 2. The van der Waals surface area contributed by atoms with Crippen molar-refractivity contribution < 1.29 is 19.7 Å². The number of hydrogen-bond acceptors (Lipinski definition) is 3. The smallest absolute Gasteiger partial charge is 0.309 e. The maximum absolute atomic E-state index is 13.0. The van der Waals surface area contributed by atoms with Crippen LogP contribution in [0.1, 0.15) is 44.7 Å². The Morgan fingerprint density at radius 1 is 0.824 bits per heavy atom. The van der Waals surface area contributed by atoms with Gasteiger partial charge in [-0.2, -0.15) is 0 Å². The number of benzene rings is 4. The molecular formula is C30H30O4. The zero-order valence-corrected chi connectivity index (χ0v) is 19.8. The highest BCUT2D eigenvalue weighted by molar-refractivity contribution is 5.91. The van der Waals surface area contributed by atoms with Gasteiger partial charge in [0, 0.05) is 0 Å². The minimum Gasteiger partial charge on any atom is -0.481 e. The van der Waals surface area contributed by atoms with Gasteiger partial charge in [0.25, 0.3) is 0 Å². The van der Waals surface area contributed by atoms with Gasteiger partial charge in [-0.3, -0.25) is 4.79 Å². The minimum absolute atomic E-state index is 0.399. The first kappa shape index (κ1) is 22.6. The Kier molecular flexibility index (Phi) is 5.27. The van der Waals surface area contributed by atoms with Gasteiger partial charge in [-0.25, -0.2) is 0 Å². The molecule has 4 aromatic carbocycles. The molecule has 1 saturated heterocycles. The summed E-state index contributed by atoms with van der Waals surface area (Å²) in [5.41, 5.74) is -2.04. The van der Waals surface area contributed by atoms with Crippen LogP contribution >= 0.6 is 0 Å². The second-order valence-electron chi connectivity index (χ2n) is 10.1. The standard InChI is InChI=1S/C30H30O4/c1-28(2)26(27(31)32)18-19-29(3,34-28)30(33,24-16-8-12-20-10-4-6-14-22(20)24)25-17-9-13-21-11-5-7-15-23(21)25/h4-17,26,33H,18-19H2,1-3H3,(H,31,32)/t26-,29+/m1/s1. The predicted octanol–water partition coefficient (Wildman–Crippen LogP) is 6.28. The van der Waals surface area contributed by atoms with E-state index in [0.29, 0.717) is 12.8 Å². The summed E-state index contributed by atoms with van der Waals surface area (Å²) in [6, 6.07) is 28.0. The van der Waals surface area contributed by atoms with Crippen molar-refractivity contribution in [3.05, 3.63) is 96.1 Å². The first-order valence-corrected chi connectivity index (χ1v) is 11.8. The van der Waals surface area contributed by atoms with Gasteiger partial charge in [0.15, 0.2) is 0 Å². The van der Waals surface area contributed by atoms with Gasteiger partial charge in [-0.05, 0) is 66.3 Å². The average Bonchev–Trinajstić information content (AvgIpc) is 2.82. The summed E-state index contributed by atoms with van der Waals surface area (Å²) in [5.74, 6) is -1.52. The van der Waals surface area contributed by atoms with Crippen LogP contribution in [0.15, 0.2) is 84.9 Å². The Morgan fingerprint density at radius 3 is 1.76 bits per heavy atom. The number of ether oxygens (including phenoxy) is 1. The van der Waals surface area contributed by atoms with Crippen LogP contribution in [-0.4, -0.2) is 27.4 Å². The largest absolute Gasteiger partial charge is 0.481 e. The summed E-state index contributed by atoms with van der Waals surface area (Å²) in [5, 5.41) is 26.8. The van der Waals surface area contributed by atoms with Gasteiger partial charge < -0.3 is 14.9 Å². The van der Waals surface area contributed by atoms with Crippen LogP contribution < -0.4 is 0 Å². The van der Waals surface area contributed by atoms with E-state index in [0.717, 1.165) is 32.7 Å². The molecular weight excluding hydrogens is 424 g/mol. The van der Waals surface area contributed by atoms with Crippen LogP contribution in [0.4, 0.5) is 0 Å². The monoisotopic (exact) mass is 454 g/mol. The SMILES string of the molecule is CC1(C)O[C@](C)(C(O)(c2cccc3ccccc23)c2cccc3ccccc23)CC[C@@H]1C(=O)O. The molecule has 4 aromatic rings. The number of carbonyl (C=O) groups is 1. The fraction of sp³-hybridized carbons (Fsp3) is 0.300. The zero-order chi connectivity index (χ0) is 24.1. The van der Waals surface area contributed by atoms with E-state index in [-0.39, 0.29) is 0 Å². The van der Waals surface area contributed by atoms with Crippen LogP contribution in [0.25, 0.3) is 21.5 Å². The fourth-order valence-corrected chi connectivity index (χ4v) is 5.94. The second kappa shape index (κ2) is 7.93. The molecule has 1 heterocycles. The van der Waals surface area contributed by atoms with E-state index in [1.54, 1.807) is 0 Å². The van der Waals surface area contributed by atoms with Gasteiger partial charge in [-0.1, -0.05) is 84.9 Å². The molecule has 0 aliphatic carbocycles. The number of rotatable bonds is 4. The molecule has 1 fully saturated rings. The van der Waals surface area contributed by atoms with Gasteiger partial charge in [-0.15, -0.1) is 0 Å². The molecule has 4 nitrogen and oxygen atoms in total. The zero-order valence-electron chi connectivity index (χ0n) is 19.8. The Morgan fingerprint density at radius 2 is 1.29 bits per heavy atom. The number of aliphatic carboxylic acids is 1. The number of hydrogen-bond donors (Lipinski definition) is 2. The Balaban J connectivity index is 1.83. The lowest BCUT2D eigenvalue weighted by molar-refractivity contribution is -0.256. The minimum atomic E-state index is -1.53. The number of carboxylic acids is 1. The van der Waals surface area contributed by atoms with Gasteiger partial charge in [0.2, 0.25) is 0 Å². The average molecular weight is 455 g/mol. The summed E-state index contributed by atoms with van der Waals surface area (Å²) in [6.45, 7) is 5.56. The molecule has 4 heteroatoms. The Hall–Kier alpha value is -3.21. The third-order valence-corrected chi connectivity index (χ3v) is 7.66. The highest BCUT2D eigenvalue weighted by Gasteiger charge is 2.58. The fourth-order valence-electron chi connectivity index (χ4n) is 5.94. The Labute approximate surface area is 199 Å². The third kappa shape index (κ3) is 3.32. The van der Waals surface area contributed by atoms with E-state index in [4.69, 9.17) is 4.74 Å². The third-order valence-electron chi connectivity index (χ3n) is 7.66. The molecule has 0 amide bonds. The van der Waals surface area contributed by atoms with Crippen LogP contribution in [-0.2, 0) is 15.1 Å². The molecule has 0 bridgehead atoms. The molecule has 174 valence electrons. The van der Waals surface area contributed by atoms with Crippen molar-refractivity contribution in [1.82, 2.24) is 0 Å². The van der Waals surface area contributed by atoms with Crippen molar-refractivity contribution in [1.29, 1.82) is 0 Å². The molecule has 0 saturated carbocycles. The highest BCUT2D eigenvalue weighted by Crippen LogP contribution is 2.53. The molecule has 0 radical (unpaired) electrons. The lowest BCUT2D eigenvalue weighted by Crippen LogP contribution is -2.61. The van der Waals surface area contributed by atoms with Crippen LogP contribution in [0.3, 0.4) is 0 Å². The molecule has 34 heavy (non-hydrogen) atoms. The van der Waals surface area contributed by atoms with E-state index < -0.39 is 28.7 Å². The van der Waals surface area contributed by atoms with Crippen molar-refractivity contribution in [3.63, 3.8) is 0 Å². The lowest BCUT2D eigenvalue weighted by Gasteiger charge is -2.54. The van der Waals surface area contributed by atoms with Gasteiger partial charge in [0.1, 0.15) is 11.2 Å². The van der Waals surface area contributed by atoms with E-state index in [1.807, 2.05) is 106 Å². The molecule has 5 rings (SSSR count). The lowest BCUT2D eigenvalue weighted by atomic mass is 9.66. The quantitative estimate of drug-likeness (QED) is 0.381. The van der Waals surface area contributed by atoms with Crippen molar-refractivity contribution in [2.75, 3.05) is 0 Å². The predicted molar refractivity (Wildman–Crippen MR) is 135 cm³/mol. The van der Waals surface area contributed by atoms with Gasteiger partial charge in [0.05, 0.1) is 11.5 Å². The normalized spacial score (nSPS) is 22.6. The number of carboxylic acid groups (broad SMARTS) is 1. The van der Waals surface area contributed by atoms with E-state index in [1.165, 1.54) is 0 Å². The van der Waals surface area contributed by atoms with Crippen LogP contribution in [0.5, 0.6) is 0 Å². The highest BCUT2D eigenvalue weighted by atomic mass is 16.5. The Bertz CT molecular complexity index is 1300. The van der Waals surface area contributed by atoms with Crippen molar-refractivity contribution in [2.24, 2.45) is 5.92 Å². The second-order valence-corrected chi connectivity index (χ2v) is 10.1. The summed E-state index contributed by atoms with van der Waals surface area (Å²) in [7, 11) is 0. The summed E-state index contributed by atoms with van der Waals surface area (Å²) in [4.78, 5) is 12.0. The van der Waals surface area contributed by atoms with Crippen LogP contribution in [0, 0.1) is 5.92 Å². The van der Waals surface area contributed by atoms with Crippen molar-refractivity contribution in [3.8, 4) is 0 Å². The number of aliphatic hydroxyl groups is 1. The maximum Gasteiger partial charge on any atom is 0.309 e. The summed E-state index contributed by atoms with van der Waals surface area (Å²) < 4.78 is 6.68. The maximum atomic E-state index is 13.0. The van der Waals surface area contributed by atoms with E-state index in [9.17, 15) is 15.0 Å². The molecule has 1 aliphatic rings. The summed E-state index contributed by atoms with van der Waals surface area (Å²) in [6.07, 6.45) is 0.813. The molecule has 1 aliphatic heterocycles. The first-order valence-electron chi connectivity index (χ1n) is 11.8. The van der Waals surface area contributed by atoms with E-state index >= 15 is 0 Å². The molecule has 0 unspecified atom stereocenters. The van der Waals surface area contributed by atoms with Crippen LogP contribution in [0.2, 0.25) is 0 Å². The van der Waals surface area contributed by atoms with Crippen molar-refractivity contribution in [2.45, 2.75) is 50.4 Å². The molecule has 0 aromatic heterocycles. The molecule has 2 N–H and O–H groups in total. The molecule has 2 atom stereocenters. The van der Waals surface area contributed by atoms with Crippen molar-refractivity contribution >= 4 is 27.5 Å². The summed E-state index contributed by atoms with van der Waals surface area (Å²) >= 11 is 0. The first-order chi connectivity index (χ1) is 16.2.